The van der Waals surface area contributed by atoms with Crippen LogP contribution in [-0.4, -0.2) is 4.98 Å². The summed E-state index contributed by atoms with van der Waals surface area (Å²) < 4.78 is 0. The summed E-state index contributed by atoms with van der Waals surface area (Å²) >= 11 is 0. The van der Waals surface area contributed by atoms with Gasteiger partial charge in [0, 0.05) is 17.0 Å². The van der Waals surface area contributed by atoms with Crippen molar-refractivity contribution in [3.63, 3.8) is 0 Å². The number of hydrogen-bond donors (Lipinski definition) is 0. The van der Waals surface area contributed by atoms with E-state index in [1.165, 1.54) is 80.8 Å². The van der Waals surface area contributed by atoms with Crippen molar-refractivity contribution in [2.75, 3.05) is 0 Å². The number of aromatic nitrogens is 1. The zero-order valence-corrected chi connectivity index (χ0v) is 13.6. The van der Waals surface area contributed by atoms with Gasteiger partial charge in [0.15, 0.2) is 0 Å². The summed E-state index contributed by atoms with van der Waals surface area (Å²) in [4.78, 5) is 5.05. The molecule has 0 atom stereocenters. The van der Waals surface area contributed by atoms with Crippen LogP contribution in [0.3, 0.4) is 0 Å². The molecule has 2 fully saturated rings. The van der Waals surface area contributed by atoms with Gasteiger partial charge in [0.25, 0.3) is 0 Å². The molecule has 116 valence electrons. The van der Waals surface area contributed by atoms with Crippen molar-refractivity contribution in [3.05, 3.63) is 41.6 Å². The monoisotopic (exact) mass is 293 g/mol. The Morgan fingerprint density at radius 1 is 0.727 bits per heavy atom. The average molecular weight is 293 g/mol. The molecule has 4 rings (SSSR count). The summed E-state index contributed by atoms with van der Waals surface area (Å²) in [5, 5.41) is 1.41. The Balaban J connectivity index is 1.78. The fourth-order valence-corrected chi connectivity index (χ4v) is 4.58. The number of rotatable bonds is 2. The first-order chi connectivity index (χ1) is 10.9. The van der Waals surface area contributed by atoms with Gasteiger partial charge < -0.3 is 0 Å². The van der Waals surface area contributed by atoms with Crippen LogP contribution in [0.15, 0.2) is 30.3 Å². The molecule has 2 saturated carbocycles. The van der Waals surface area contributed by atoms with E-state index in [9.17, 15) is 0 Å². The minimum Gasteiger partial charge on any atom is -0.253 e. The molecular weight excluding hydrogens is 266 g/mol. The van der Waals surface area contributed by atoms with Crippen molar-refractivity contribution in [3.8, 4) is 0 Å². The van der Waals surface area contributed by atoms with Crippen LogP contribution in [0.2, 0.25) is 0 Å². The summed E-state index contributed by atoms with van der Waals surface area (Å²) in [5.41, 5.74) is 4.22. The fraction of sp³-hybridized carbons (Fsp3) is 0.571. The average Bonchev–Trinajstić information content (AvgIpc) is 2.62. The van der Waals surface area contributed by atoms with Crippen LogP contribution in [0, 0.1) is 0 Å². The first-order valence-electron chi connectivity index (χ1n) is 9.31. The van der Waals surface area contributed by atoms with E-state index in [2.05, 4.69) is 30.3 Å². The van der Waals surface area contributed by atoms with E-state index in [1.807, 2.05) is 0 Å². The molecule has 2 aliphatic rings. The first kappa shape index (κ1) is 14.2. The Hall–Kier alpha value is -1.37. The predicted molar refractivity (Wildman–Crippen MR) is 93.4 cm³/mol. The van der Waals surface area contributed by atoms with Crippen LogP contribution < -0.4 is 0 Å². The van der Waals surface area contributed by atoms with Gasteiger partial charge in [0.2, 0.25) is 0 Å². The second-order valence-corrected chi connectivity index (χ2v) is 7.32. The number of nitrogens with zero attached hydrogens (tertiary/aromatic N) is 1. The lowest BCUT2D eigenvalue weighted by Gasteiger charge is -2.26. The summed E-state index contributed by atoms with van der Waals surface area (Å²) in [6.45, 7) is 0. The van der Waals surface area contributed by atoms with E-state index < -0.39 is 0 Å². The normalized spacial score (nSPS) is 21.3. The Bertz CT molecular complexity index is 633. The second-order valence-electron chi connectivity index (χ2n) is 7.32. The minimum absolute atomic E-state index is 0.709. The molecule has 2 aliphatic carbocycles. The summed E-state index contributed by atoms with van der Waals surface area (Å²) in [5.74, 6) is 1.48. The lowest BCUT2D eigenvalue weighted by Crippen LogP contribution is -2.10. The van der Waals surface area contributed by atoms with Gasteiger partial charge in [-0.1, -0.05) is 56.7 Å². The van der Waals surface area contributed by atoms with Crippen molar-refractivity contribution in [2.24, 2.45) is 0 Å². The van der Waals surface area contributed by atoms with Gasteiger partial charge in [0.05, 0.1) is 5.52 Å². The zero-order valence-electron chi connectivity index (χ0n) is 13.6. The van der Waals surface area contributed by atoms with Crippen molar-refractivity contribution >= 4 is 10.9 Å². The molecular formula is C21H27N. The van der Waals surface area contributed by atoms with Gasteiger partial charge in [-0.2, -0.15) is 0 Å². The fourth-order valence-electron chi connectivity index (χ4n) is 4.58. The van der Waals surface area contributed by atoms with E-state index >= 15 is 0 Å². The van der Waals surface area contributed by atoms with Crippen molar-refractivity contribution in [1.29, 1.82) is 0 Å². The molecule has 0 spiro atoms. The highest BCUT2D eigenvalue weighted by Crippen LogP contribution is 2.39. The molecule has 0 unspecified atom stereocenters. The van der Waals surface area contributed by atoms with Crippen LogP contribution in [0.5, 0.6) is 0 Å². The van der Waals surface area contributed by atoms with Gasteiger partial charge in [-0.25, -0.2) is 0 Å². The lowest BCUT2D eigenvalue weighted by atomic mass is 9.80. The first-order valence-corrected chi connectivity index (χ1v) is 9.31. The number of para-hydroxylation sites is 1. The molecule has 0 amide bonds. The Kier molecular flexibility index (Phi) is 4.14. The van der Waals surface area contributed by atoms with Gasteiger partial charge in [0.1, 0.15) is 0 Å². The Labute approximate surface area is 134 Å². The number of benzene rings is 1. The molecule has 2 aromatic rings. The topological polar surface area (TPSA) is 12.9 Å². The number of hydrogen-bond acceptors (Lipinski definition) is 1. The van der Waals surface area contributed by atoms with E-state index in [1.54, 1.807) is 5.56 Å². The molecule has 1 nitrogen and oxygen atoms in total. The van der Waals surface area contributed by atoms with Gasteiger partial charge >= 0.3 is 0 Å². The van der Waals surface area contributed by atoms with E-state index in [0.717, 1.165) is 5.92 Å². The van der Waals surface area contributed by atoms with Crippen LogP contribution in [0.1, 0.15) is 87.3 Å². The number of fused-ring (bicyclic) bond motifs is 1. The lowest BCUT2D eigenvalue weighted by molar-refractivity contribution is 0.432. The van der Waals surface area contributed by atoms with Crippen LogP contribution >= 0.6 is 0 Å². The molecule has 0 N–H and O–H groups in total. The summed E-state index contributed by atoms with van der Waals surface area (Å²) in [7, 11) is 0. The maximum Gasteiger partial charge on any atom is 0.0708 e. The maximum atomic E-state index is 5.05. The largest absolute Gasteiger partial charge is 0.253 e. The second kappa shape index (κ2) is 6.40. The highest BCUT2D eigenvalue weighted by Gasteiger charge is 2.22. The van der Waals surface area contributed by atoms with Crippen LogP contribution in [0.25, 0.3) is 10.9 Å². The molecule has 0 saturated heterocycles. The van der Waals surface area contributed by atoms with Crippen molar-refractivity contribution in [2.45, 2.75) is 76.0 Å². The minimum atomic E-state index is 0.709. The van der Waals surface area contributed by atoms with Gasteiger partial charge in [-0.05, 0) is 49.3 Å². The molecule has 22 heavy (non-hydrogen) atoms. The van der Waals surface area contributed by atoms with E-state index in [0.29, 0.717) is 5.92 Å². The third-order valence-electron chi connectivity index (χ3n) is 5.84. The molecule has 0 radical (unpaired) electrons. The number of pyridine rings is 1. The molecule has 1 aromatic heterocycles. The molecule has 0 aliphatic heterocycles. The van der Waals surface area contributed by atoms with Crippen molar-refractivity contribution < 1.29 is 0 Å². The Morgan fingerprint density at radius 2 is 1.36 bits per heavy atom. The molecule has 1 aromatic carbocycles. The molecule has 1 heterocycles. The smallest absolute Gasteiger partial charge is 0.0708 e. The predicted octanol–water partition coefficient (Wildman–Crippen LogP) is 6.33. The summed E-state index contributed by atoms with van der Waals surface area (Å²) in [6, 6.07) is 11.3. The van der Waals surface area contributed by atoms with E-state index in [4.69, 9.17) is 4.98 Å². The van der Waals surface area contributed by atoms with Gasteiger partial charge in [-0.3, -0.25) is 4.98 Å². The molecule has 0 bridgehead atoms. The van der Waals surface area contributed by atoms with Crippen LogP contribution in [-0.2, 0) is 0 Å². The highest BCUT2D eigenvalue weighted by atomic mass is 14.7. The quantitative estimate of drug-likeness (QED) is 0.630. The summed E-state index contributed by atoms with van der Waals surface area (Å²) in [6.07, 6.45) is 13.9. The maximum absolute atomic E-state index is 5.05. The third kappa shape index (κ3) is 2.78. The standard InChI is InChI=1S/C21H27N/c1-3-9-16(10-4-1)19-15-21(17-11-5-2-6-12-17)22-20-14-8-7-13-18(19)20/h7-8,13-17H,1-6,9-12H2. The SMILES string of the molecule is c1ccc2c(C3CCCCC3)cc(C3CCCCC3)nc2c1. The zero-order chi connectivity index (χ0) is 14.8. The highest BCUT2D eigenvalue weighted by molar-refractivity contribution is 5.83. The van der Waals surface area contributed by atoms with Crippen molar-refractivity contribution in [1.82, 2.24) is 4.98 Å². The Morgan fingerprint density at radius 3 is 2.09 bits per heavy atom. The third-order valence-corrected chi connectivity index (χ3v) is 5.84. The molecule has 1 heteroatoms. The van der Waals surface area contributed by atoms with E-state index in [-0.39, 0.29) is 0 Å². The van der Waals surface area contributed by atoms with Gasteiger partial charge in [-0.15, -0.1) is 0 Å². The van der Waals surface area contributed by atoms with Crippen LogP contribution in [0.4, 0.5) is 0 Å².